The molecule has 19 heavy (non-hydrogen) atoms. The second kappa shape index (κ2) is 7.09. The van der Waals surface area contributed by atoms with E-state index in [0.717, 1.165) is 6.54 Å². The zero-order valence-corrected chi connectivity index (χ0v) is 12.0. The van der Waals surface area contributed by atoms with Gasteiger partial charge in [0, 0.05) is 18.8 Å². The average Bonchev–Trinajstić information content (AvgIpc) is 2.35. The molecule has 1 aromatic rings. The Labute approximate surface area is 114 Å². The summed E-state index contributed by atoms with van der Waals surface area (Å²) in [6.07, 6.45) is 0. The first-order valence-corrected chi connectivity index (χ1v) is 6.48. The lowest BCUT2D eigenvalue weighted by Crippen LogP contribution is -2.28. The third kappa shape index (κ3) is 4.52. The van der Waals surface area contributed by atoms with Gasteiger partial charge in [-0.25, -0.2) is 4.39 Å². The molecule has 106 valence electrons. The van der Waals surface area contributed by atoms with Gasteiger partial charge in [0.1, 0.15) is 5.82 Å². The minimum absolute atomic E-state index is 0.175. The summed E-state index contributed by atoms with van der Waals surface area (Å²) in [4.78, 5) is 13.4. The van der Waals surface area contributed by atoms with Crippen LogP contribution in [0.1, 0.15) is 20.8 Å². The van der Waals surface area contributed by atoms with Crippen LogP contribution in [0.15, 0.2) is 18.2 Å². The van der Waals surface area contributed by atoms with E-state index in [-0.39, 0.29) is 24.3 Å². The van der Waals surface area contributed by atoms with Gasteiger partial charge in [-0.2, -0.15) is 0 Å². The Balaban J connectivity index is 2.74. The summed E-state index contributed by atoms with van der Waals surface area (Å²) in [5.74, 6) is -0.510. The highest BCUT2D eigenvalue weighted by atomic mass is 19.1. The minimum atomic E-state index is -0.336. The Kier molecular flexibility index (Phi) is 5.76. The van der Waals surface area contributed by atoms with Crippen molar-refractivity contribution in [2.45, 2.75) is 26.8 Å². The fourth-order valence-corrected chi connectivity index (χ4v) is 1.59. The predicted molar refractivity (Wildman–Crippen MR) is 77.1 cm³/mol. The normalized spacial score (nSPS) is 10.6. The van der Waals surface area contributed by atoms with Crippen molar-refractivity contribution >= 4 is 17.3 Å². The summed E-state index contributed by atoms with van der Waals surface area (Å²) in [5.41, 5.74) is 1.00. The van der Waals surface area contributed by atoms with Crippen LogP contribution in [-0.4, -0.2) is 32.1 Å². The smallest absolute Gasteiger partial charge is 0.238 e. The van der Waals surface area contributed by atoms with Crippen LogP contribution in [0.2, 0.25) is 0 Å². The number of nitrogens with zero attached hydrogens (tertiary/aromatic N) is 1. The molecule has 0 saturated carbocycles. The van der Waals surface area contributed by atoms with Gasteiger partial charge < -0.3 is 15.5 Å². The van der Waals surface area contributed by atoms with Gasteiger partial charge in [0.25, 0.3) is 0 Å². The van der Waals surface area contributed by atoms with Crippen molar-refractivity contribution < 1.29 is 9.18 Å². The van der Waals surface area contributed by atoms with Crippen LogP contribution in [0.25, 0.3) is 0 Å². The number of carbonyl (C=O) groups excluding carboxylic acids is 1. The Hall–Kier alpha value is -1.62. The molecule has 0 radical (unpaired) electrons. The van der Waals surface area contributed by atoms with E-state index in [9.17, 15) is 9.18 Å². The number of hydrogen-bond acceptors (Lipinski definition) is 3. The molecule has 0 heterocycles. The maximum absolute atomic E-state index is 14.0. The van der Waals surface area contributed by atoms with Gasteiger partial charge >= 0.3 is 0 Å². The van der Waals surface area contributed by atoms with Crippen LogP contribution in [0.3, 0.4) is 0 Å². The number of amides is 1. The molecule has 2 N–H and O–H groups in total. The number of rotatable bonds is 6. The Morgan fingerprint density at radius 2 is 2.11 bits per heavy atom. The molecule has 0 aliphatic rings. The van der Waals surface area contributed by atoms with E-state index >= 15 is 0 Å². The van der Waals surface area contributed by atoms with Crippen LogP contribution in [0.4, 0.5) is 15.8 Å². The summed E-state index contributed by atoms with van der Waals surface area (Å²) in [6, 6.07) is 4.95. The van der Waals surface area contributed by atoms with Gasteiger partial charge in [-0.3, -0.25) is 4.79 Å². The number of halogens is 1. The lowest BCUT2D eigenvalue weighted by atomic mass is 10.2. The average molecular weight is 267 g/mol. The molecule has 0 unspecified atom stereocenters. The quantitative estimate of drug-likeness (QED) is 0.830. The second-order valence-electron chi connectivity index (χ2n) is 4.70. The molecular weight excluding hydrogens is 245 g/mol. The summed E-state index contributed by atoms with van der Waals surface area (Å²) in [7, 11) is 1.84. The van der Waals surface area contributed by atoms with E-state index < -0.39 is 0 Å². The zero-order valence-electron chi connectivity index (χ0n) is 12.0. The highest BCUT2D eigenvalue weighted by Crippen LogP contribution is 2.23. The van der Waals surface area contributed by atoms with Crippen LogP contribution in [-0.2, 0) is 4.79 Å². The molecule has 0 fully saturated rings. The van der Waals surface area contributed by atoms with Crippen LogP contribution in [0, 0.1) is 5.82 Å². The highest BCUT2D eigenvalue weighted by molar-refractivity contribution is 5.92. The summed E-state index contributed by atoms with van der Waals surface area (Å²) in [5, 5.41) is 5.57. The van der Waals surface area contributed by atoms with E-state index in [4.69, 9.17) is 0 Å². The fraction of sp³-hybridized carbons (Fsp3) is 0.500. The minimum Gasteiger partial charge on any atom is -0.370 e. The zero-order chi connectivity index (χ0) is 14.4. The van der Waals surface area contributed by atoms with Crippen molar-refractivity contribution in [1.29, 1.82) is 0 Å². The van der Waals surface area contributed by atoms with Gasteiger partial charge in [0.2, 0.25) is 5.91 Å². The summed E-state index contributed by atoms with van der Waals surface area (Å²) >= 11 is 0. The third-order valence-corrected chi connectivity index (χ3v) is 2.92. The number of carbonyl (C=O) groups is 1. The maximum atomic E-state index is 14.0. The number of hydrogen-bond donors (Lipinski definition) is 2. The van der Waals surface area contributed by atoms with E-state index in [1.165, 1.54) is 6.07 Å². The molecule has 0 aliphatic heterocycles. The van der Waals surface area contributed by atoms with Crippen molar-refractivity contribution in [2.75, 3.05) is 30.4 Å². The first-order valence-electron chi connectivity index (χ1n) is 6.48. The van der Waals surface area contributed by atoms with Gasteiger partial charge in [0.05, 0.1) is 12.2 Å². The lowest BCUT2D eigenvalue weighted by molar-refractivity contribution is -0.115. The number of likely N-dealkylation sites (N-methyl/N-ethyl adjacent to an activating group) is 1. The standard InChI is InChI=1S/C14H22FN3O/c1-5-16-9-14(19)17-11-6-7-13(12(15)8-11)18(4)10(2)3/h6-8,10,16H,5,9H2,1-4H3,(H,17,19). The molecule has 5 heteroatoms. The molecule has 0 aromatic heterocycles. The fourth-order valence-electron chi connectivity index (χ4n) is 1.59. The van der Waals surface area contributed by atoms with Crippen LogP contribution >= 0.6 is 0 Å². The van der Waals surface area contributed by atoms with Crippen molar-refractivity contribution in [2.24, 2.45) is 0 Å². The molecule has 4 nitrogen and oxygen atoms in total. The molecule has 1 rings (SSSR count). The summed E-state index contributed by atoms with van der Waals surface area (Å²) < 4.78 is 14.0. The molecule has 0 spiro atoms. The molecule has 0 atom stereocenters. The number of nitrogens with one attached hydrogen (secondary N) is 2. The van der Waals surface area contributed by atoms with Crippen molar-refractivity contribution in [1.82, 2.24) is 5.32 Å². The van der Waals surface area contributed by atoms with Crippen molar-refractivity contribution in [3.8, 4) is 0 Å². The largest absolute Gasteiger partial charge is 0.370 e. The Morgan fingerprint density at radius 3 is 2.63 bits per heavy atom. The Bertz CT molecular complexity index is 435. The summed E-state index contributed by atoms with van der Waals surface area (Å²) in [6.45, 7) is 6.85. The van der Waals surface area contributed by atoms with Crippen LogP contribution < -0.4 is 15.5 Å². The predicted octanol–water partition coefficient (Wildman–Crippen LogP) is 2.22. The molecule has 0 bridgehead atoms. The van der Waals surface area contributed by atoms with Crippen molar-refractivity contribution in [3.05, 3.63) is 24.0 Å². The van der Waals surface area contributed by atoms with E-state index in [1.807, 2.05) is 32.7 Å². The number of benzene rings is 1. The first-order chi connectivity index (χ1) is 8.95. The van der Waals surface area contributed by atoms with Crippen molar-refractivity contribution in [3.63, 3.8) is 0 Å². The van der Waals surface area contributed by atoms with Gasteiger partial charge in [-0.15, -0.1) is 0 Å². The van der Waals surface area contributed by atoms with Gasteiger partial charge in [0.15, 0.2) is 0 Å². The SMILES string of the molecule is CCNCC(=O)Nc1ccc(N(C)C(C)C)c(F)c1. The molecule has 0 aliphatic carbocycles. The third-order valence-electron chi connectivity index (χ3n) is 2.92. The second-order valence-corrected chi connectivity index (χ2v) is 4.70. The maximum Gasteiger partial charge on any atom is 0.238 e. The van der Waals surface area contributed by atoms with Crippen LogP contribution in [0.5, 0.6) is 0 Å². The first kappa shape index (κ1) is 15.4. The lowest BCUT2D eigenvalue weighted by Gasteiger charge is -2.24. The monoisotopic (exact) mass is 267 g/mol. The van der Waals surface area contributed by atoms with E-state index in [1.54, 1.807) is 12.1 Å². The highest BCUT2D eigenvalue weighted by Gasteiger charge is 2.11. The Morgan fingerprint density at radius 1 is 1.42 bits per heavy atom. The number of anilines is 2. The van der Waals surface area contributed by atoms with E-state index in [2.05, 4.69) is 10.6 Å². The molecule has 1 aromatic carbocycles. The topological polar surface area (TPSA) is 44.4 Å². The molecule has 1 amide bonds. The van der Waals surface area contributed by atoms with Gasteiger partial charge in [-0.1, -0.05) is 6.92 Å². The van der Waals surface area contributed by atoms with Gasteiger partial charge in [-0.05, 0) is 38.6 Å². The molecule has 0 saturated heterocycles. The van der Waals surface area contributed by atoms with E-state index in [0.29, 0.717) is 11.4 Å². The molecular formula is C14H22FN3O.